The lowest BCUT2D eigenvalue weighted by Crippen LogP contribution is -2.33. The highest BCUT2D eigenvalue weighted by atomic mass is 19.1. The molecule has 0 bridgehead atoms. The average Bonchev–Trinajstić information content (AvgIpc) is 2.58. The van der Waals surface area contributed by atoms with Gasteiger partial charge in [-0.3, -0.25) is 9.59 Å². The van der Waals surface area contributed by atoms with Crippen LogP contribution in [0.2, 0.25) is 0 Å². The molecule has 4 nitrogen and oxygen atoms in total. The molecule has 0 radical (unpaired) electrons. The van der Waals surface area contributed by atoms with Gasteiger partial charge in [0.25, 0.3) is 0 Å². The maximum Gasteiger partial charge on any atom is 0.226 e. The van der Waals surface area contributed by atoms with Crippen LogP contribution in [0.3, 0.4) is 0 Å². The third kappa shape index (κ3) is 6.37. The Morgan fingerprint density at radius 1 is 1.00 bits per heavy atom. The van der Waals surface area contributed by atoms with Crippen LogP contribution in [-0.4, -0.2) is 29.8 Å². The van der Waals surface area contributed by atoms with E-state index in [4.69, 9.17) is 0 Å². The highest BCUT2D eigenvalue weighted by Gasteiger charge is 2.11. The van der Waals surface area contributed by atoms with Crippen molar-refractivity contribution in [2.24, 2.45) is 0 Å². The topological polar surface area (TPSA) is 49.4 Å². The first-order chi connectivity index (χ1) is 11.9. The van der Waals surface area contributed by atoms with E-state index >= 15 is 0 Å². The van der Waals surface area contributed by atoms with Gasteiger partial charge in [0, 0.05) is 32.1 Å². The van der Waals surface area contributed by atoms with Gasteiger partial charge in [-0.2, -0.15) is 0 Å². The van der Waals surface area contributed by atoms with Gasteiger partial charge >= 0.3 is 0 Å². The smallest absolute Gasteiger partial charge is 0.226 e. The van der Waals surface area contributed by atoms with Crippen molar-refractivity contribution in [3.05, 3.63) is 65.5 Å². The standard InChI is InChI=1S/C20H23FN2O2/c1-15-3-9-19(10-4-15)22-20(25)12-14-23(16(2)24)13-11-17-5-7-18(21)8-6-17/h3-10H,11-14H2,1-2H3,(H,22,25). The Balaban J connectivity index is 1.82. The van der Waals surface area contributed by atoms with Crippen LogP contribution in [0.25, 0.3) is 0 Å². The van der Waals surface area contributed by atoms with E-state index in [1.165, 1.54) is 19.1 Å². The normalized spacial score (nSPS) is 10.4. The van der Waals surface area contributed by atoms with Gasteiger partial charge in [0.1, 0.15) is 5.82 Å². The van der Waals surface area contributed by atoms with Crippen molar-refractivity contribution >= 4 is 17.5 Å². The summed E-state index contributed by atoms with van der Waals surface area (Å²) in [6.07, 6.45) is 0.857. The zero-order valence-electron chi connectivity index (χ0n) is 14.6. The van der Waals surface area contributed by atoms with Crippen molar-refractivity contribution in [2.75, 3.05) is 18.4 Å². The van der Waals surface area contributed by atoms with E-state index in [0.717, 1.165) is 16.8 Å². The molecule has 0 spiro atoms. The molecule has 0 fully saturated rings. The molecule has 1 N–H and O–H groups in total. The number of rotatable bonds is 7. The maximum atomic E-state index is 12.9. The van der Waals surface area contributed by atoms with Gasteiger partial charge in [0.05, 0.1) is 0 Å². The molecular formula is C20H23FN2O2. The fraction of sp³-hybridized carbons (Fsp3) is 0.300. The first kappa shape index (κ1) is 18.6. The van der Waals surface area contributed by atoms with E-state index in [9.17, 15) is 14.0 Å². The van der Waals surface area contributed by atoms with Crippen LogP contribution in [0, 0.1) is 12.7 Å². The Hall–Kier alpha value is -2.69. The van der Waals surface area contributed by atoms with Gasteiger partial charge in [0.2, 0.25) is 11.8 Å². The van der Waals surface area contributed by atoms with Crippen molar-refractivity contribution < 1.29 is 14.0 Å². The van der Waals surface area contributed by atoms with Gasteiger partial charge < -0.3 is 10.2 Å². The predicted octanol–water partition coefficient (Wildman–Crippen LogP) is 3.55. The molecule has 25 heavy (non-hydrogen) atoms. The third-order valence-electron chi connectivity index (χ3n) is 3.97. The Bertz CT molecular complexity index is 711. The van der Waals surface area contributed by atoms with E-state index in [2.05, 4.69) is 5.32 Å². The lowest BCUT2D eigenvalue weighted by atomic mass is 10.1. The molecule has 0 unspecified atom stereocenters. The molecule has 2 rings (SSSR count). The quantitative estimate of drug-likeness (QED) is 0.836. The molecule has 0 atom stereocenters. The summed E-state index contributed by atoms with van der Waals surface area (Å²) < 4.78 is 12.9. The number of anilines is 1. The number of hydrogen-bond acceptors (Lipinski definition) is 2. The molecule has 2 amide bonds. The fourth-order valence-corrected chi connectivity index (χ4v) is 2.44. The number of carbonyl (C=O) groups excluding carboxylic acids is 2. The van der Waals surface area contributed by atoms with Gasteiger partial charge in [-0.1, -0.05) is 29.8 Å². The minimum Gasteiger partial charge on any atom is -0.342 e. The van der Waals surface area contributed by atoms with E-state index < -0.39 is 0 Å². The summed E-state index contributed by atoms with van der Waals surface area (Å²) >= 11 is 0. The lowest BCUT2D eigenvalue weighted by Gasteiger charge is -2.21. The Morgan fingerprint density at radius 3 is 2.24 bits per heavy atom. The maximum absolute atomic E-state index is 12.9. The molecule has 0 aromatic heterocycles. The van der Waals surface area contributed by atoms with Crippen LogP contribution in [0.15, 0.2) is 48.5 Å². The molecule has 0 aliphatic carbocycles. The van der Waals surface area contributed by atoms with Crippen LogP contribution >= 0.6 is 0 Å². The van der Waals surface area contributed by atoms with E-state index in [0.29, 0.717) is 19.5 Å². The van der Waals surface area contributed by atoms with Crippen LogP contribution < -0.4 is 5.32 Å². The van der Waals surface area contributed by atoms with Crippen molar-refractivity contribution in [2.45, 2.75) is 26.7 Å². The number of hydrogen-bond donors (Lipinski definition) is 1. The summed E-state index contributed by atoms with van der Waals surface area (Å²) in [6, 6.07) is 13.8. The Kier molecular flexibility index (Phi) is 6.69. The monoisotopic (exact) mass is 342 g/mol. The van der Waals surface area contributed by atoms with E-state index in [1.54, 1.807) is 17.0 Å². The Labute approximate surface area is 147 Å². The van der Waals surface area contributed by atoms with E-state index in [-0.39, 0.29) is 24.1 Å². The van der Waals surface area contributed by atoms with Gasteiger partial charge in [-0.15, -0.1) is 0 Å². The minimum absolute atomic E-state index is 0.0785. The number of benzene rings is 2. The number of halogens is 1. The highest BCUT2D eigenvalue weighted by molar-refractivity contribution is 5.91. The second-order valence-electron chi connectivity index (χ2n) is 6.05. The lowest BCUT2D eigenvalue weighted by molar-refractivity contribution is -0.129. The number of nitrogens with zero attached hydrogens (tertiary/aromatic N) is 1. The van der Waals surface area contributed by atoms with Crippen molar-refractivity contribution in [1.29, 1.82) is 0 Å². The molecule has 2 aromatic rings. The van der Waals surface area contributed by atoms with Crippen LogP contribution in [0.4, 0.5) is 10.1 Å². The summed E-state index contributed by atoms with van der Waals surface area (Å²) in [7, 11) is 0. The zero-order valence-corrected chi connectivity index (χ0v) is 14.6. The number of nitrogens with one attached hydrogen (secondary N) is 1. The highest BCUT2D eigenvalue weighted by Crippen LogP contribution is 2.09. The molecule has 2 aromatic carbocycles. The number of aryl methyl sites for hydroxylation is 1. The first-order valence-electron chi connectivity index (χ1n) is 8.30. The average molecular weight is 342 g/mol. The molecular weight excluding hydrogens is 319 g/mol. The second kappa shape index (κ2) is 8.97. The van der Waals surface area contributed by atoms with Gasteiger partial charge in [-0.25, -0.2) is 4.39 Å². The summed E-state index contributed by atoms with van der Waals surface area (Å²) in [6.45, 7) is 4.33. The number of carbonyl (C=O) groups is 2. The fourth-order valence-electron chi connectivity index (χ4n) is 2.44. The molecule has 0 aliphatic rings. The first-order valence-corrected chi connectivity index (χ1v) is 8.30. The predicted molar refractivity (Wildman–Crippen MR) is 96.8 cm³/mol. The van der Waals surface area contributed by atoms with Crippen molar-refractivity contribution in [3.8, 4) is 0 Å². The van der Waals surface area contributed by atoms with Crippen molar-refractivity contribution in [3.63, 3.8) is 0 Å². The van der Waals surface area contributed by atoms with Crippen molar-refractivity contribution in [1.82, 2.24) is 4.90 Å². The van der Waals surface area contributed by atoms with E-state index in [1.807, 2.05) is 31.2 Å². The molecule has 5 heteroatoms. The third-order valence-corrected chi connectivity index (χ3v) is 3.97. The largest absolute Gasteiger partial charge is 0.342 e. The number of amides is 2. The van der Waals surface area contributed by atoms with Gasteiger partial charge in [-0.05, 0) is 43.2 Å². The second-order valence-corrected chi connectivity index (χ2v) is 6.05. The van der Waals surface area contributed by atoms with Crippen LogP contribution in [0.5, 0.6) is 0 Å². The summed E-state index contributed by atoms with van der Waals surface area (Å²) in [5.41, 5.74) is 2.83. The van der Waals surface area contributed by atoms with Crippen LogP contribution in [0.1, 0.15) is 24.5 Å². The summed E-state index contributed by atoms with van der Waals surface area (Å²) in [5.74, 6) is -0.484. The molecule has 132 valence electrons. The Morgan fingerprint density at radius 2 is 1.64 bits per heavy atom. The minimum atomic E-state index is -0.278. The summed E-state index contributed by atoms with van der Waals surface area (Å²) in [5, 5.41) is 2.82. The molecule has 0 saturated carbocycles. The molecule has 0 saturated heterocycles. The SMILES string of the molecule is CC(=O)N(CCC(=O)Nc1ccc(C)cc1)CCc1ccc(F)cc1. The zero-order chi connectivity index (χ0) is 18.2. The molecule has 0 aliphatic heterocycles. The summed E-state index contributed by atoms with van der Waals surface area (Å²) in [4.78, 5) is 25.4. The van der Waals surface area contributed by atoms with Crippen LogP contribution in [-0.2, 0) is 16.0 Å². The van der Waals surface area contributed by atoms with Gasteiger partial charge in [0.15, 0.2) is 0 Å². The molecule has 0 heterocycles.